The van der Waals surface area contributed by atoms with Crippen LogP contribution in [0.4, 0.5) is 17.3 Å². The van der Waals surface area contributed by atoms with Crippen LogP contribution in [0.1, 0.15) is 0 Å². The van der Waals surface area contributed by atoms with E-state index in [4.69, 9.17) is 5.73 Å². The molecule has 13 heteroatoms. The SMILES string of the molecule is Nc1c([N+](=O)[O-])c([N+](=O)[O-])nn1-c1nn[nH]n1. The van der Waals surface area contributed by atoms with E-state index in [1.807, 2.05) is 0 Å². The van der Waals surface area contributed by atoms with Gasteiger partial charge in [0.05, 0.1) is 10.0 Å². The highest BCUT2D eigenvalue weighted by Gasteiger charge is 2.38. The first kappa shape index (κ1) is 10.4. The van der Waals surface area contributed by atoms with E-state index in [-0.39, 0.29) is 5.95 Å². The number of hydrogen-bond acceptors (Lipinski definition) is 9. The molecule has 2 rings (SSSR count). The Balaban J connectivity index is 2.68. The molecule has 0 amide bonds. The number of nitro groups is 2. The summed E-state index contributed by atoms with van der Waals surface area (Å²) in [5, 5.41) is 36.7. The van der Waals surface area contributed by atoms with Crippen LogP contribution >= 0.6 is 0 Å². The molecule has 0 fully saturated rings. The van der Waals surface area contributed by atoms with E-state index in [2.05, 4.69) is 25.7 Å². The molecule has 0 aromatic carbocycles. The number of nitrogen functional groups attached to an aromatic ring is 1. The molecule has 0 aliphatic carbocycles. The lowest BCUT2D eigenvalue weighted by atomic mass is 10.5. The molecule has 88 valence electrons. The highest BCUT2D eigenvalue weighted by molar-refractivity contribution is 5.65. The molecule has 0 aliphatic rings. The predicted octanol–water partition coefficient (Wildman–Crippen LogP) is -1.22. The Morgan fingerprint density at radius 1 is 1.29 bits per heavy atom. The van der Waals surface area contributed by atoms with E-state index < -0.39 is 27.2 Å². The van der Waals surface area contributed by atoms with Crippen molar-refractivity contribution in [3.05, 3.63) is 20.2 Å². The van der Waals surface area contributed by atoms with Gasteiger partial charge in [0.25, 0.3) is 0 Å². The fourth-order valence-electron chi connectivity index (χ4n) is 1.11. The van der Waals surface area contributed by atoms with Gasteiger partial charge in [-0.3, -0.25) is 10.1 Å². The van der Waals surface area contributed by atoms with Crippen LogP contribution in [0.15, 0.2) is 0 Å². The minimum absolute atomic E-state index is 0.237. The normalized spacial score (nSPS) is 10.4. The van der Waals surface area contributed by atoms with Crippen molar-refractivity contribution in [2.45, 2.75) is 0 Å². The molecule has 0 spiro atoms. The van der Waals surface area contributed by atoms with Gasteiger partial charge < -0.3 is 15.8 Å². The van der Waals surface area contributed by atoms with Gasteiger partial charge in [0.1, 0.15) is 0 Å². The second-order valence-corrected chi connectivity index (χ2v) is 2.70. The van der Waals surface area contributed by atoms with E-state index in [0.717, 1.165) is 0 Å². The number of aromatic amines is 1. The number of aromatic nitrogens is 6. The molecule has 3 N–H and O–H groups in total. The van der Waals surface area contributed by atoms with Gasteiger partial charge in [-0.1, -0.05) is 9.78 Å². The van der Waals surface area contributed by atoms with E-state index in [0.29, 0.717) is 4.68 Å². The molecule has 2 heterocycles. The first-order valence-corrected chi connectivity index (χ1v) is 3.93. The van der Waals surface area contributed by atoms with E-state index >= 15 is 0 Å². The minimum atomic E-state index is -1.02. The lowest BCUT2D eigenvalue weighted by molar-refractivity contribution is -0.424. The summed E-state index contributed by atoms with van der Waals surface area (Å²) in [6.07, 6.45) is 0. The number of nitrogens with two attached hydrogens (primary N) is 1. The molecule has 0 radical (unpaired) electrons. The predicted molar refractivity (Wildman–Crippen MR) is 49.0 cm³/mol. The monoisotopic (exact) mass is 241 g/mol. The zero-order valence-electron chi connectivity index (χ0n) is 7.84. The van der Waals surface area contributed by atoms with Gasteiger partial charge in [0.2, 0.25) is 5.82 Å². The summed E-state index contributed by atoms with van der Waals surface area (Å²) in [7, 11) is 0. The third kappa shape index (κ3) is 1.50. The van der Waals surface area contributed by atoms with Crippen LogP contribution in [0, 0.1) is 20.2 Å². The highest BCUT2D eigenvalue weighted by Crippen LogP contribution is 2.32. The Hall–Kier alpha value is -3.12. The zero-order valence-corrected chi connectivity index (χ0v) is 7.84. The van der Waals surface area contributed by atoms with Crippen LogP contribution < -0.4 is 5.73 Å². The smallest absolute Gasteiger partial charge is 0.376 e. The molecule has 0 saturated heterocycles. The van der Waals surface area contributed by atoms with Crippen LogP contribution in [0.25, 0.3) is 5.95 Å². The van der Waals surface area contributed by atoms with Crippen LogP contribution in [-0.2, 0) is 0 Å². The molecule has 17 heavy (non-hydrogen) atoms. The average Bonchev–Trinajstić information content (AvgIpc) is 2.83. The molecule has 13 nitrogen and oxygen atoms in total. The maximum atomic E-state index is 10.6. The summed E-state index contributed by atoms with van der Waals surface area (Å²) in [4.78, 5) is 19.2. The van der Waals surface area contributed by atoms with Gasteiger partial charge in [0, 0.05) is 0 Å². The topological polar surface area (TPSA) is 185 Å². The van der Waals surface area contributed by atoms with Crippen molar-refractivity contribution in [1.29, 1.82) is 0 Å². The second-order valence-electron chi connectivity index (χ2n) is 2.70. The minimum Gasteiger partial charge on any atom is -0.376 e. The Kier molecular flexibility index (Phi) is 2.12. The maximum Gasteiger partial charge on any atom is 0.470 e. The molecule has 0 unspecified atom stereocenters. The Morgan fingerprint density at radius 3 is 2.41 bits per heavy atom. The van der Waals surface area contributed by atoms with E-state index in [1.54, 1.807) is 0 Å². The summed E-state index contributed by atoms with van der Waals surface area (Å²) in [5.41, 5.74) is 4.45. The van der Waals surface area contributed by atoms with Crippen molar-refractivity contribution in [2.75, 3.05) is 5.73 Å². The van der Waals surface area contributed by atoms with Crippen molar-refractivity contribution in [3.63, 3.8) is 0 Å². The number of rotatable bonds is 3. The Morgan fingerprint density at radius 2 is 2.00 bits per heavy atom. The standard InChI is InChI=1S/C4H3N9O4/c5-2-1(12(14)15)3(13(16)17)8-11(2)4-6-9-10-7-4/h5H2,(H,6,7,9,10). The lowest BCUT2D eigenvalue weighted by Crippen LogP contribution is -2.04. The molecule has 0 atom stereocenters. The van der Waals surface area contributed by atoms with Gasteiger partial charge in [-0.2, -0.15) is 5.21 Å². The first-order chi connectivity index (χ1) is 8.02. The number of tetrazole rings is 1. The van der Waals surface area contributed by atoms with Gasteiger partial charge in [0.15, 0.2) is 0 Å². The maximum absolute atomic E-state index is 10.6. The largest absolute Gasteiger partial charge is 0.470 e. The third-order valence-corrected chi connectivity index (χ3v) is 1.76. The number of anilines is 1. The fourth-order valence-corrected chi connectivity index (χ4v) is 1.11. The van der Waals surface area contributed by atoms with Crippen molar-refractivity contribution < 1.29 is 9.85 Å². The molecule has 0 saturated carbocycles. The van der Waals surface area contributed by atoms with Crippen molar-refractivity contribution in [3.8, 4) is 5.95 Å². The quantitative estimate of drug-likeness (QED) is 0.490. The fraction of sp³-hybridized carbons (Fsp3) is 0. The van der Waals surface area contributed by atoms with Crippen LogP contribution in [0.2, 0.25) is 0 Å². The lowest BCUT2D eigenvalue weighted by Gasteiger charge is -1.89. The highest BCUT2D eigenvalue weighted by atomic mass is 16.6. The Labute approximate surface area is 90.5 Å². The number of H-pyrrole nitrogens is 1. The van der Waals surface area contributed by atoms with Crippen molar-refractivity contribution >= 4 is 17.3 Å². The van der Waals surface area contributed by atoms with Gasteiger partial charge in [-0.25, -0.2) is 0 Å². The van der Waals surface area contributed by atoms with Gasteiger partial charge in [-0.15, -0.1) is 5.10 Å². The summed E-state index contributed by atoms with van der Waals surface area (Å²) in [6.45, 7) is 0. The zero-order chi connectivity index (χ0) is 12.6. The van der Waals surface area contributed by atoms with Crippen molar-refractivity contribution in [2.24, 2.45) is 0 Å². The number of nitrogens with zero attached hydrogens (tertiary/aromatic N) is 7. The molecular weight excluding hydrogens is 238 g/mol. The molecule has 2 aromatic rings. The summed E-state index contributed by atoms with van der Waals surface area (Å²) in [5.74, 6) is -1.78. The molecular formula is C4H3N9O4. The van der Waals surface area contributed by atoms with E-state index in [1.165, 1.54) is 0 Å². The van der Waals surface area contributed by atoms with Gasteiger partial charge in [-0.05, 0) is 10.1 Å². The molecule has 0 bridgehead atoms. The van der Waals surface area contributed by atoms with Crippen LogP contribution in [-0.4, -0.2) is 40.3 Å². The number of nitrogens with one attached hydrogen (secondary N) is 1. The first-order valence-electron chi connectivity index (χ1n) is 3.93. The summed E-state index contributed by atoms with van der Waals surface area (Å²) >= 11 is 0. The van der Waals surface area contributed by atoms with Gasteiger partial charge >= 0.3 is 17.5 Å². The second kappa shape index (κ2) is 3.47. The summed E-state index contributed by atoms with van der Waals surface area (Å²) in [6, 6.07) is 0. The Bertz CT molecular complexity index is 584. The molecule has 2 aromatic heterocycles. The van der Waals surface area contributed by atoms with Crippen LogP contribution in [0.3, 0.4) is 0 Å². The average molecular weight is 241 g/mol. The molecule has 0 aliphatic heterocycles. The third-order valence-electron chi connectivity index (χ3n) is 1.76. The van der Waals surface area contributed by atoms with E-state index in [9.17, 15) is 20.2 Å². The van der Waals surface area contributed by atoms with Crippen molar-refractivity contribution in [1.82, 2.24) is 30.4 Å². The number of hydrogen-bond donors (Lipinski definition) is 2. The van der Waals surface area contributed by atoms with Crippen LogP contribution in [0.5, 0.6) is 0 Å². The summed E-state index contributed by atoms with van der Waals surface area (Å²) < 4.78 is 0.653.